The third-order valence-corrected chi connectivity index (χ3v) is 4.95. The van der Waals surface area contributed by atoms with Crippen molar-refractivity contribution in [3.8, 4) is 0 Å². The van der Waals surface area contributed by atoms with Gasteiger partial charge in [-0.2, -0.15) is 0 Å². The van der Waals surface area contributed by atoms with Crippen molar-refractivity contribution in [2.45, 2.75) is 45.6 Å². The second kappa shape index (κ2) is 9.03. The highest BCUT2D eigenvalue weighted by atomic mass is 32.2. The first-order valence-electron chi connectivity index (χ1n) is 9.00. The minimum absolute atomic E-state index is 0.169. The minimum atomic E-state index is -0.169. The van der Waals surface area contributed by atoms with Crippen molar-refractivity contribution < 1.29 is 4.79 Å². The molecule has 0 aliphatic carbocycles. The zero-order chi connectivity index (χ0) is 19.3. The van der Waals surface area contributed by atoms with Gasteiger partial charge < -0.3 is 10.2 Å². The van der Waals surface area contributed by atoms with Gasteiger partial charge in [-0.25, -0.2) is 9.97 Å². The Balaban J connectivity index is 2.25. The lowest BCUT2D eigenvalue weighted by Crippen LogP contribution is -2.21. The average molecular weight is 373 g/mol. The van der Waals surface area contributed by atoms with Crippen molar-refractivity contribution in [2.24, 2.45) is 0 Å². The molecule has 0 fully saturated rings. The van der Waals surface area contributed by atoms with Crippen molar-refractivity contribution in [1.29, 1.82) is 0 Å². The topological polar surface area (TPSA) is 58.1 Å². The van der Waals surface area contributed by atoms with Crippen LogP contribution in [0.4, 0.5) is 11.4 Å². The summed E-state index contributed by atoms with van der Waals surface area (Å²) in [4.78, 5) is 24.1. The normalized spacial score (nSPS) is 10.9. The average Bonchev–Trinajstić information content (AvgIpc) is 2.63. The monoisotopic (exact) mass is 372 g/mol. The number of nitrogens with one attached hydrogen (secondary N) is 1. The number of aryl methyl sites for hydroxylation is 1. The molecule has 140 valence electrons. The predicted octanol–water partition coefficient (Wildman–Crippen LogP) is 4.73. The molecule has 2 rings (SSSR count). The molecular weight excluding hydrogens is 344 g/mol. The number of nitrogens with zero attached hydrogens (tertiary/aromatic N) is 3. The first kappa shape index (κ1) is 20.2. The van der Waals surface area contributed by atoms with Crippen LogP contribution < -0.4 is 10.2 Å². The molecule has 1 heterocycles. The Morgan fingerprint density at radius 3 is 2.27 bits per heavy atom. The maximum absolute atomic E-state index is 12.8. The highest BCUT2D eigenvalue weighted by Gasteiger charge is 2.19. The second-order valence-corrected chi connectivity index (χ2v) is 7.17. The molecule has 0 bridgehead atoms. The zero-order valence-corrected chi connectivity index (χ0v) is 17.3. The van der Waals surface area contributed by atoms with Crippen molar-refractivity contribution in [2.75, 3.05) is 29.6 Å². The molecule has 2 aromatic rings. The molecule has 0 saturated carbocycles. The number of aromatic nitrogens is 2. The molecule has 1 amide bonds. The first-order valence-corrected chi connectivity index (χ1v) is 10.2. The number of hydrogen-bond donors (Lipinski definition) is 1. The number of carbonyl (C=O) groups excluding carboxylic acids is 1. The van der Waals surface area contributed by atoms with Gasteiger partial charge >= 0.3 is 0 Å². The number of carbonyl (C=O) groups is 1. The second-order valence-electron chi connectivity index (χ2n) is 6.38. The van der Waals surface area contributed by atoms with Crippen molar-refractivity contribution in [1.82, 2.24) is 9.97 Å². The van der Waals surface area contributed by atoms with E-state index in [-0.39, 0.29) is 11.8 Å². The van der Waals surface area contributed by atoms with Crippen LogP contribution in [0.2, 0.25) is 0 Å². The molecule has 0 saturated heterocycles. The van der Waals surface area contributed by atoms with Gasteiger partial charge in [-0.1, -0.05) is 13.8 Å². The van der Waals surface area contributed by atoms with Crippen LogP contribution in [0.25, 0.3) is 0 Å². The fourth-order valence-electron chi connectivity index (χ4n) is 2.77. The molecule has 1 aromatic carbocycles. The third kappa shape index (κ3) is 4.55. The van der Waals surface area contributed by atoms with Crippen LogP contribution in [0.5, 0.6) is 0 Å². The van der Waals surface area contributed by atoms with E-state index in [0.29, 0.717) is 11.3 Å². The van der Waals surface area contributed by atoms with E-state index in [1.54, 1.807) is 0 Å². The molecule has 0 aliphatic heterocycles. The molecule has 0 unspecified atom stereocenters. The summed E-state index contributed by atoms with van der Waals surface area (Å²) in [6.45, 7) is 12.1. The quantitative estimate of drug-likeness (QED) is 0.562. The van der Waals surface area contributed by atoms with Crippen LogP contribution in [0.3, 0.4) is 0 Å². The smallest absolute Gasteiger partial charge is 0.260 e. The van der Waals surface area contributed by atoms with Gasteiger partial charge in [-0.05, 0) is 51.3 Å². The van der Waals surface area contributed by atoms with E-state index in [0.717, 1.165) is 35.3 Å². The van der Waals surface area contributed by atoms with E-state index in [9.17, 15) is 4.79 Å². The fourth-order valence-corrected chi connectivity index (χ4v) is 3.40. The number of anilines is 2. The molecule has 5 nitrogen and oxygen atoms in total. The zero-order valence-electron chi connectivity index (χ0n) is 16.5. The molecular formula is C20H28N4OS. The van der Waals surface area contributed by atoms with Gasteiger partial charge in [-0.15, -0.1) is 11.8 Å². The van der Waals surface area contributed by atoms with Crippen LogP contribution in [-0.2, 0) is 0 Å². The Hall–Kier alpha value is -2.08. The molecule has 26 heavy (non-hydrogen) atoms. The Morgan fingerprint density at radius 1 is 1.15 bits per heavy atom. The fraction of sp³-hybridized carbons (Fsp3) is 0.450. The Labute approximate surface area is 160 Å². The Kier molecular flexibility index (Phi) is 7.03. The van der Waals surface area contributed by atoms with E-state index in [4.69, 9.17) is 0 Å². The minimum Gasteiger partial charge on any atom is -0.372 e. The molecule has 1 N–H and O–H groups in total. The van der Waals surface area contributed by atoms with E-state index in [2.05, 4.69) is 47.9 Å². The van der Waals surface area contributed by atoms with E-state index < -0.39 is 0 Å². The van der Waals surface area contributed by atoms with Gasteiger partial charge in [0.1, 0.15) is 10.9 Å². The summed E-state index contributed by atoms with van der Waals surface area (Å²) in [5.74, 6) is 0.828. The van der Waals surface area contributed by atoms with E-state index >= 15 is 0 Å². The van der Waals surface area contributed by atoms with Gasteiger partial charge in [0.15, 0.2) is 0 Å². The van der Waals surface area contributed by atoms with E-state index in [1.807, 2.05) is 37.4 Å². The first-order chi connectivity index (χ1) is 12.4. The summed E-state index contributed by atoms with van der Waals surface area (Å²) in [5.41, 5.74) is 3.18. The van der Waals surface area contributed by atoms with Gasteiger partial charge in [0.2, 0.25) is 0 Å². The van der Waals surface area contributed by atoms with Gasteiger partial charge in [0.25, 0.3) is 5.91 Å². The van der Waals surface area contributed by atoms with Crippen molar-refractivity contribution >= 4 is 29.0 Å². The lowest BCUT2D eigenvalue weighted by molar-refractivity contribution is 0.102. The van der Waals surface area contributed by atoms with Gasteiger partial charge in [-0.3, -0.25) is 4.79 Å². The Morgan fingerprint density at radius 2 is 1.77 bits per heavy atom. The van der Waals surface area contributed by atoms with Crippen LogP contribution in [0.15, 0.2) is 29.3 Å². The number of rotatable bonds is 7. The summed E-state index contributed by atoms with van der Waals surface area (Å²) in [6, 6.07) is 7.93. The highest BCUT2D eigenvalue weighted by Crippen LogP contribution is 2.25. The number of amides is 1. The van der Waals surface area contributed by atoms with Crippen LogP contribution in [-0.4, -0.2) is 35.2 Å². The predicted molar refractivity (Wildman–Crippen MR) is 111 cm³/mol. The number of hydrogen-bond acceptors (Lipinski definition) is 5. The lowest BCUT2D eigenvalue weighted by atomic mass is 10.1. The summed E-state index contributed by atoms with van der Waals surface area (Å²) >= 11 is 1.47. The lowest BCUT2D eigenvalue weighted by Gasteiger charge is -2.21. The molecule has 1 aromatic heterocycles. The molecule has 0 atom stereocenters. The van der Waals surface area contributed by atoms with E-state index in [1.165, 1.54) is 11.8 Å². The molecule has 0 aliphatic rings. The summed E-state index contributed by atoms with van der Waals surface area (Å²) < 4.78 is 0. The Bertz CT molecular complexity index is 755. The standard InChI is InChI=1S/C20H28N4OS/c1-7-24(8-2)16-11-9-15(10-12-16)22-19(25)17-14(5)21-18(13(3)4)23-20(17)26-6/h9-13H,7-8H2,1-6H3,(H,22,25). The molecule has 0 radical (unpaired) electrons. The molecule has 6 heteroatoms. The van der Waals surface area contributed by atoms with Crippen LogP contribution in [0.1, 0.15) is 55.5 Å². The maximum Gasteiger partial charge on any atom is 0.260 e. The third-order valence-electron chi connectivity index (χ3n) is 4.26. The van der Waals surface area contributed by atoms with Crippen molar-refractivity contribution in [3.05, 3.63) is 41.3 Å². The summed E-state index contributed by atoms with van der Waals surface area (Å²) in [6.07, 6.45) is 1.93. The van der Waals surface area contributed by atoms with Gasteiger partial charge in [0.05, 0.1) is 11.3 Å². The maximum atomic E-state index is 12.8. The molecule has 0 spiro atoms. The number of thioether (sulfide) groups is 1. The largest absolute Gasteiger partial charge is 0.372 e. The van der Waals surface area contributed by atoms with Crippen LogP contribution in [0, 0.1) is 6.92 Å². The summed E-state index contributed by atoms with van der Waals surface area (Å²) in [5, 5.41) is 3.69. The van der Waals surface area contributed by atoms with Crippen LogP contribution >= 0.6 is 11.8 Å². The van der Waals surface area contributed by atoms with Crippen molar-refractivity contribution in [3.63, 3.8) is 0 Å². The summed E-state index contributed by atoms with van der Waals surface area (Å²) in [7, 11) is 0. The van der Waals surface area contributed by atoms with Gasteiger partial charge in [0, 0.05) is 30.4 Å². The SMILES string of the molecule is CCN(CC)c1ccc(NC(=O)c2c(C)nc(C(C)C)nc2SC)cc1. The number of benzene rings is 1. The highest BCUT2D eigenvalue weighted by molar-refractivity contribution is 7.98.